The molecule has 0 unspecified atom stereocenters. The SMILES string of the molecule is C=CC(=O)OCCCCCCOc1ccc(C(=O)Oc2cc(CCCCCCc3cc(OC(=O)c4ccc(OCCCCCCOC(=O)C=C)cc4)cc(C(N)=O)c3OC(=O)c3ccc(OCCCCCCOC(=O)C=C)cc3)c(OC(=O)c3ccc(OCCCCCCOC(=O)C=C)cc3)c(C(N)=O)c2)cc1. The van der Waals surface area contributed by atoms with Crippen molar-refractivity contribution in [3.63, 3.8) is 0 Å². The van der Waals surface area contributed by atoms with Crippen LogP contribution in [0, 0.1) is 0 Å². The lowest BCUT2D eigenvalue weighted by atomic mass is 9.98. The Bertz CT molecular complexity index is 3720. The van der Waals surface area contributed by atoms with Gasteiger partial charge >= 0.3 is 47.8 Å². The van der Waals surface area contributed by atoms with Crippen LogP contribution in [0.4, 0.5) is 0 Å². The highest BCUT2D eigenvalue weighted by atomic mass is 16.6. The number of aryl methyl sites for hydroxylation is 2. The van der Waals surface area contributed by atoms with Gasteiger partial charge in [0.05, 0.1) is 86.2 Å². The van der Waals surface area contributed by atoms with Crippen LogP contribution < -0.4 is 49.4 Å². The lowest BCUT2D eigenvalue weighted by Crippen LogP contribution is -2.18. The molecule has 6 aromatic rings. The standard InChI is InChI=1S/C84H96N2O22/c1-5-73(87)101-51-25-15-11-21-47-97-65-39-31-59(32-40-65)81(93)105-69-55-63(77(71(57-69)79(85)91)107-83(95)61-35-43-67(44-36-61)99-49-23-13-17-27-53-103-75(89)7-3)29-19-9-10-20-30-64-56-70(106-82(94)60-33-41-66(42-34-60)98-48-22-12-16-26-52-102-74(88)6-2)58-72(80(86)92)78(64)108-84(96)62-37-45-68(46-38-62)100-50-24-14-18-28-54-104-76(90)8-4/h5-8,31-46,55-58H,1-4,9-30,47-54H2,(H2,85,91)(H2,86,92). The lowest BCUT2D eigenvalue weighted by Gasteiger charge is -2.17. The van der Waals surface area contributed by atoms with Crippen molar-refractivity contribution in [3.05, 3.63) is 216 Å². The minimum absolute atomic E-state index is 0.0593. The lowest BCUT2D eigenvalue weighted by molar-refractivity contribution is -0.138. The molecule has 4 N–H and O–H groups in total. The quantitative estimate of drug-likeness (QED) is 0.0118. The number of hydrogen-bond donors (Lipinski definition) is 2. The van der Waals surface area contributed by atoms with Crippen LogP contribution in [-0.4, -0.2) is 112 Å². The van der Waals surface area contributed by atoms with E-state index in [0.29, 0.717) is 138 Å². The first kappa shape index (κ1) is 85.1. The third-order valence-corrected chi connectivity index (χ3v) is 16.5. The maximum absolute atomic E-state index is 14.0. The number of benzene rings is 6. The second-order valence-electron chi connectivity index (χ2n) is 24.8. The number of unbranched alkanes of at least 4 members (excludes halogenated alkanes) is 15. The highest BCUT2D eigenvalue weighted by Crippen LogP contribution is 2.35. The number of carbonyl (C=O) groups is 10. The maximum atomic E-state index is 14.0. The van der Waals surface area contributed by atoms with E-state index in [9.17, 15) is 47.9 Å². The Labute approximate surface area is 629 Å². The van der Waals surface area contributed by atoms with E-state index in [1.807, 2.05) is 0 Å². The van der Waals surface area contributed by atoms with E-state index in [1.54, 1.807) is 48.5 Å². The van der Waals surface area contributed by atoms with Gasteiger partial charge in [0.25, 0.3) is 11.8 Å². The van der Waals surface area contributed by atoms with Gasteiger partial charge in [0.15, 0.2) is 0 Å². The Balaban J connectivity index is 1.17. The van der Waals surface area contributed by atoms with Crippen LogP contribution in [0.5, 0.6) is 46.0 Å². The Hall–Kier alpha value is -11.8. The van der Waals surface area contributed by atoms with Gasteiger partial charge in [-0.15, -0.1) is 0 Å². The molecule has 0 aromatic heterocycles. The van der Waals surface area contributed by atoms with Gasteiger partial charge in [-0.1, -0.05) is 39.2 Å². The van der Waals surface area contributed by atoms with Crippen LogP contribution in [-0.2, 0) is 51.0 Å². The molecule has 108 heavy (non-hydrogen) atoms. The van der Waals surface area contributed by atoms with Crippen LogP contribution in [0.1, 0.15) is 202 Å². The largest absolute Gasteiger partial charge is 0.494 e. The smallest absolute Gasteiger partial charge is 0.343 e. The van der Waals surface area contributed by atoms with E-state index in [1.165, 1.54) is 72.8 Å². The Morgan fingerprint density at radius 1 is 0.269 bits per heavy atom. The fraction of sp³-hybridized carbons (Fsp3) is 0.357. The third kappa shape index (κ3) is 31.5. The number of amides is 2. The number of primary amides is 2. The summed E-state index contributed by atoms with van der Waals surface area (Å²) >= 11 is 0. The molecular weight excluding hydrogens is 1390 g/mol. The summed E-state index contributed by atoms with van der Waals surface area (Å²) in [7, 11) is 0. The first-order chi connectivity index (χ1) is 52.4. The summed E-state index contributed by atoms with van der Waals surface area (Å²) in [5.74, 6) is -5.38. The Morgan fingerprint density at radius 3 is 0.722 bits per heavy atom. The summed E-state index contributed by atoms with van der Waals surface area (Å²) in [6.07, 6.45) is 19.0. The average molecular weight is 1490 g/mol. The van der Waals surface area contributed by atoms with Crippen LogP contribution in [0.3, 0.4) is 0 Å². The van der Waals surface area contributed by atoms with Gasteiger partial charge in [-0.05, 0) is 261 Å². The molecule has 0 radical (unpaired) electrons. The summed E-state index contributed by atoms with van der Waals surface area (Å²) < 4.78 is 67.4. The van der Waals surface area contributed by atoms with Gasteiger partial charge in [-0.3, -0.25) is 9.59 Å². The number of rotatable bonds is 53. The normalized spacial score (nSPS) is 10.6. The summed E-state index contributed by atoms with van der Waals surface area (Å²) in [4.78, 5) is 128. The molecule has 0 spiro atoms. The van der Waals surface area contributed by atoms with Crippen molar-refractivity contribution in [2.45, 2.75) is 141 Å². The average Bonchev–Trinajstić information content (AvgIpc) is 0.806. The summed E-state index contributed by atoms with van der Waals surface area (Å²) in [5.41, 5.74) is 12.7. The molecule has 0 aliphatic rings. The minimum Gasteiger partial charge on any atom is -0.494 e. The molecule has 6 aromatic carbocycles. The number of esters is 8. The monoisotopic (exact) mass is 1480 g/mol. The molecule has 0 saturated carbocycles. The molecule has 2 amide bonds. The van der Waals surface area contributed by atoms with E-state index in [4.69, 9.17) is 68.3 Å². The molecule has 24 heteroatoms. The predicted molar refractivity (Wildman–Crippen MR) is 402 cm³/mol. The first-order valence-corrected chi connectivity index (χ1v) is 36.3. The molecule has 574 valence electrons. The Kier molecular flexibility index (Phi) is 38.1. The molecular formula is C84H96N2O22. The fourth-order valence-electron chi connectivity index (χ4n) is 10.7. The number of hydrogen-bond acceptors (Lipinski definition) is 22. The molecule has 0 saturated heterocycles. The minimum atomic E-state index is -0.978. The molecule has 0 fully saturated rings. The van der Waals surface area contributed by atoms with Crippen LogP contribution >= 0.6 is 0 Å². The zero-order chi connectivity index (χ0) is 77.7. The summed E-state index contributed by atoms with van der Waals surface area (Å²) in [6, 6.07) is 30.6. The molecule has 0 heterocycles. The molecule has 0 aliphatic heterocycles. The topological polar surface area (TPSA) is 333 Å². The number of ether oxygens (including phenoxy) is 12. The van der Waals surface area contributed by atoms with Crippen molar-refractivity contribution in [3.8, 4) is 46.0 Å². The molecule has 6 rings (SSSR count). The van der Waals surface area contributed by atoms with Gasteiger partial charge in [-0.2, -0.15) is 0 Å². The summed E-state index contributed by atoms with van der Waals surface area (Å²) in [5, 5.41) is 0. The van der Waals surface area contributed by atoms with Crippen molar-refractivity contribution in [1.29, 1.82) is 0 Å². The first-order valence-electron chi connectivity index (χ1n) is 36.3. The van der Waals surface area contributed by atoms with Gasteiger partial charge < -0.3 is 68.3 Å². The number of carbonyl (C=O) groups excluding carboxylic acids is 10. The third-order valence-electron chi connectivity index (χ3n) is 16.5. The van der Waals surface area contributed by atoms with Gasteiger partial charge in [0.2, 0.25) is 0 Å². The zero-order valence-corrected chi connectivity index (χ0v) is 61.0. The van der Waals surface area contributed by atoms with E-state index in [-0.39, 0.29) is 69.2 Å². The van der Waals surface area contributed by atoms with Crippen molar-refractivity contribution in [2.75, 3.05) is 52.9 Å². The predicted octanol–water partition coefficient (Wildman–Crippen LogP) is 14.8. The van der Waals surface area contributed by atoms with E-state index < -0.39 is 59.6 Å². The van der Waals surface area contributed by atoms with E-state index in [0.717, 1.165) is 101 Å². The van der Waals surface area contributed by atoms with Crippen molar-refractivity contribution in [2.24, 2.45) is 11.5 Å². The van der Waals surface area contributed by atoms with Crippen molar-refractivity contribution < 1.29 is 105 Å². The molecule has 0 aliphatic carbocycles. The summed E-state index contributed by atoms with van der Waals surface area (Å²) in [6.45, 7) is 16.4. The second-order valence-corrected chi connectivity index (χ2v) is 24.8. The number of nitrogens with two attached hydrogens (primary N) is 2. The van der Waals surface area contributed by atoms with E-state index in [2.05, 4.69) is 26.3 Å². The highest BCUT2D eigenvalue weighted by molar-refractivity contribution is 6.01. The van der Waals surface area contributed by atoms with Gasteiger partial charge in [-0.25, -0.2) is 38.4 Å². The van der Waals surface area contributed by atoms with Crippen molar-refractivity contribution in [1.82, 2.24) is 0 Å². The van der Waals surface area contributed by atoms with Gasteiger partial charge in [0, 0.05) is 24.3 Å². The van der Waals surface area contributed by atoms with E-state index >= 15 is 0 Å². The Morgan fingerprint density at radius 2 is 0.491 bits per heavy atom. The molecule has 0 bridgehead atoms. The highest BCUT2D eigenvalue weighted by Gasteiger charge is 2.25. The zero-order valence-electron chi connectivity index (χ0n) is 61.0. The van der Waals surface area contributed by atoms with Crippen LogP contribution in [0.15, 0.2) is 172 Å². The molecule has 0 atom stereocenters. The van der Waals surface area contributed by atoms with Gasteiger partial charge in [0.1, 0.15) is 46.0 Å². The fourth-order valence-corrected chi connectivity index (χ4v) is 10.7. The van der Waals surface area contributed by atoms with Crippen molar-refractivity contribution >= 4 is 59.6 Å². The second kappa shape index (κ2) is 48.3. The van der Waals surface area contributed by atoms with Crippen LogP contribution in [0.25, 0.3) is 0 Å². The molecule has 24 nitrogen and oxygen atoms in total. The van der Waals surface area contributed by atoms with Crippen LogP contribution in [0.2, 0.25) is 0 Å². The maximum Gasteiger partial charge on any atom is 0.343 e.